The molecule has 246 valence electrons. The molecule has 0 aliphatic heterocycles. The number of carboxylic acids is 1. The second-order valence-corrected chi connectivity index (χ2v) is 7.11. The molecule has 1 N–H and O–H groups in total. The fraction of sp³-hybridized carbons (Fsp3) is 0.923. The van der Waals surface area contributed by atoms with Crippen LogP contribution in [0.1, 0.15) is 0 Å². The van der Waals surface area contributed by atoms with Gasteiger partial charge in [-0.05, 0) is 0 Å². The van der Waals surface area contributed by atoms with Crippen LogP contribution < -0.4 is 0 Å². The molecule has 0 radical (unpaired) electrons. The monoisotopic (exact) mass is 680 g/mol. The summed E-state index contributed by atoms with van der Waals surface area (Å²) >= 11 is 0. The van der Waals surface area contributed by atoms with Crippen molar-refractivity contribution in [2.75, 3.05) is 0 Å². The molecular formula is C13HF25O3. The fourth-order valence-corrected chi connectivity index (χ4v) is 2.10. The molecule has 0 spiro atoms. The van der Waals surface area contributed by atoms with E-state index < -0.39 is 77.7 Å². The van der Waals surface area contributed by atoms with Crippen molar-refractivity contribution in [3.8, 4) is 0 Å². The van der Waals surface area contributed by atoms with E-state index in [9.17, 15) is 115 Å². The van der Waals surface area contributed by atoms with Gasteiger partial charge in [0.15, 0.2) is 0 Å². The van der Waals surface area contributed by atoms with E-state index >= 15 is 0 Å². The summed E-state index contributed by atoms with van der Waals surface area (Å²) in [5.74, 6) is -96.3. The van der Waals surface area contributed by atoms with E-state index in [4.69, 9.17) is 5.11 Å². The number of hydrogen-bond acceptors (Lipinski definition) is 2. The van der Waals surface area contributed by atoms with Crippen LogP contribution in [0.3, 0.4) is 0 Å². The first-order valence-electron chi connectivity index (χ1n) is 8.31. The van der Waals surface area contributed by atoms with Gasteiger partial charge in [-0.3, -0.25) is 0 Å². The molecule has 0 rings (SSSR count). The van der Waals surface area contributed by atoms with E-state index in [0.29, 0.717) is 0 Å². The molecule has 0 bridgehead atoms. The van der Waals surface area contributed by atoms with Crippen LogP contribution in [-0.2, 0) is 9.53 Å². The zero-order valence-electron chi connectivity index (χ0n) is 17.2. The highest BCUT2D eigenvalue weighted by molar-refractivity contribution is 5.77. The Hall–Kier alpha value is -2.32. The largest absolute Gasteiger partial charge is 0.527 e. The van der Waals surface area contributed by atoms with Gasteiger partial charge >= 0.3 is 77.7 Å². The van der Waals surface area contributed by atoms with E-state index in [0.717, 1.165) is 4.74 Å². The predicted octanol–water partition coefficient (Wildman–Crippen LogP) is 7.55. The Morgan fingerprint density at radius 1 is 0.366 bits per heavy atom. The number of aliphatic carboxylic acids is 1. The minimum Gasteiger partial charge on any atom is -0.477 e. The number of carboxylic acid groups (broad SMARTS) is 1. The number of ether oxygens (including phenoxy) is 1. The molecule has 41 heavy (non-hydrogen) atoms. The summed E-state index contributed by atoms with van der Waals surface area (Å²) < 4.78 is 327. The highest BCUT2D eigenvalue weighted by Gasteiger charge is 2.99. The van der Waals surface area contributed by atoms with Crippen LogP contribution in [0, 0.1) is 0 Å². The van der Waals surface area contributed by atoms with Gasteiger partial charge in [0.05, 0.1) is 0 Å². The number of alkyl halides is 25. The quantitative estimate of drug-likeness (QED) is 0.217. The molecule has 0 aliphatic carbocycles. The van der Waals surface area contributed by atoms with Gasteiger partial charge < -0.3 is 5.11 Å². The molecule has 0 aliphatic rings. The summed E-state index contributed by atoms with van der Waals surface area (Å²) in [5, 5.41) is 7.65. The Kier molecular flexibility index (Phi) is 8.81. The van der Waals surface area contributed by atoms with E-state index in [-0.39, 0.29) is 0 Å². The summed E-state index contributed by atoms with van der Waals surface area (Å²) in [7, 11) is 0. The van der Waals surface area contributed by atoms with E-state index in [1.807, 2.05) is 0 Å². The van der Waals surface area contributed by atoms with Crippen molar-refractivity contribution in [1.29, 1.82) is 0 Å². The Morgan fingerprint density at radius 2 is 0.561 bits per heavy atom. The van der Waals surface area contributed by atoms with Crippen LogP contribution in [0.2, 0.25) is 0 Å². The van der Waals surface area contributed by atoms with Crippen LogP contribution in [0.25, 0.3) is 0 Å². The van der Waals surface area contributed by atoms with Crippen molar-refractivity contribution in [2.24, 2.45) is 0 Å². The smallest absolute Gasteiger partial charge is 0.477 e. The number of carbonyl (C=O) groups is 1. The third-order valence-electron chi connectivity index (χ3n) is 4.43. The SMILES string of the molecule is O=C(O)C(F)(F)C(F)(F)C(F)(F)C(F)(F)C(F)(F)C(F)(F)C(F)(F)C(F)(F)C(F)(F)C(F)(F)C(F)(F)OC(F)(F)F. The zero-order valence-corrected chi connectivity index (χ0v) is 17.2. The molecule has 0 aromatic heterocycles. The molecule has 0 aromatic rings. The summed E-state index contributed by atoms with van der Waals surface area (Å²) in [6, 6.07) is 0. The molecule has 0 atom stereocenters. The van der Waals surface area contributed by atoms with Crippen LogP contribution in [0.15, 0.2) is 0 Å². The van der Waals surface area contributed by atoms with Crippen LogP contribution in [-0.4, -0.2) is 82.8 Å². The van der Waals surface area contributed by atoms with Crippen molar-refractivity contribution >= 4 is 5.97 Å². The lowest BCUT2D eigenvalue weighted by Crippen LogP contribution is -2.78. The maximum absolute atomic E-state index is 13.5. The fourth-order valence-electron chi connectivity index (χ4n) is 2.10. The van der Waals surface area contributed by atoms with Gasteiger partial charge in [0, 0.05) is 0 Å². The van der Waals surface area contributed by atoms with Crippen molar-refractivity contribution in [2.45, 2.75) is 71.7 Å². The van der Waals surface area contributed by atoms with Crippen molar-refractivity contribution < 1.29 is 124 Å². The van der Waals surface area contributed by atoms with Gasteiger partial charge in [-0.2, -0.15) is 96.6 Å². The van der Waals surface area contributed by atoms with Crippen LogP contribution >= 0.6 is 0 Å². The van der Waals surface area contributed by atoms with Crippen LogP contribution in [0.5, 0.6) is 0 Å². The molecule has 28 heteroatoms. The lowest BCUT2D eigenvalue weighted by molar-refractivity contribution is -0.512. The van der Waals surface area contributed by atoms with Gasteiger partial charge in [0.1, 0.15) is 0 Å². The summed E-state index contributed by atoms with van der Waals surface area (Å²) in [6.07, 6.45) is -15.6. The van der Waals surface area contributed by atoms with Gasteiger partial charge in [-0.25, -0.2) is 9.53 Å². The van der Waals surface area contributed by atoms with Gasteiger partial charge in [0.25, 0.3) is 0 Å². The Balaban J connectivity index is 7.30. The first-order valence-corrected chi connectivity index (χ1v) is 8.31. The van der Waals surface area contributed by atoms with Gasteiger partial charge in [0.2, 0.25) is 0 Å². The van der Waals surface area contributed by atoms with Crippen molar-refractivity contribution in [3.63, 3.8) is 0 Å². The molecule has 0 saturated carbocycles. The Morgan fingerprint density at radius 3 is 0.756 bits per heavy atom. The lowest BCUT2D eigenvalue weighted by atomic mass is 9.85. The molecule has 0 saturated heterocycles. The summed E-state index contributed by atoms with van der Waals surface area (Å²) in [4.78, 5) is 9.89. The highest BCUT2D eigenvalue weighted by Crippen LogP contribution is 2.67. The van der Waals surface area contributed by atoms with Crippen molar-refractivity contribution in [3.05, 3.63) is 0 Å². The topological polar surface area (TPSA) is 46.5 Å². The Bertz CT molecular complexity index is 989. The van der Waals surface area contributed by atoms with Crippen molar-refractivity contribution in [1.82, 2.24) is 0 Å². The zero-order chi connectivity index (χ0) is 34.3. The second-order valence-electron chi connectivity index (χ2n) is 7.11. The normalized spacial score (nSPS) is 16.7. The van der Waals surface area contributed by atoms with E-state index in [1.165, 1.54) is 0 Å². The van der Waals surface area contributed by atoms with Gasteiger partial charge in [-0.1, -0.05) is 0 Å². The molecule has 0 fully saturated rings. The minimum atomic E-state index is -9.66. The maximum Gasteiger partial charge on any atom is 0.527 e. The Labute approximate surface area is 203 Å². The lowest BCUT2D eigenvalue weighted by Gasteiger charge is -2.45. The average molecular weight is 680 g/mol. The molecular weight excluding hydrogens is 679 g/mol. The molecule has 0 unspecified atom stereocenters. The standard InChI is InChI=1S/C13HF25O3/c14-2(15,1(39)40)3(16,17)4(18,19)5(20,21)6(22,23)7(24,25)8(26,27)9(28,29)10(30,31)11(32,33)12(34,35)41-13(36,37)38/h(H,39,40). The van der Waals surface area contributed by atoms with E-state index in [1.54, 1.807) is 0 Å². The third kappa shape index (κ3) is 4.83. The molecule has 0 aromatic carbocycles. The third-order valence-corrected chi connectivity index (χ3v) is 4.43. The summed E-state index contributed by atoms with van der Waals surface area (Å²) in [5.41, 5.74) is 0. The average Bonchev–Trinajstić information content (AvgIpc) is 2.70. The summed E-state index contributed by atoms with van der Waals surface area (Å²) in [6.45, 7) is 0. The first kappa shape index (κ1) is 38.7. The molecule has 0 amide bonds. The highest BCUT2D eigenvalue weighted by atomic mass is 19.4. The number of rotatable bonds is 12. The maximum atomic E-state index is 13.5. The minimum absolute atomic E-state index is 0.926. The van der Waals surface area contributed by atoms with Gasteiger partial charge in [-0.15, -0.1) is 13.2 Å². The molecule has 0 heterocycles. The second kappa shape index (κ2) is 9.34. The first-order chi connectivity index (χ1) is 17.2. The predicted molar refractivity (Wildman–Crippen MR) is 69.2 cm³/mol. The number of hydrogen-bond donors (Lipinski definition) is 1. The molecule has 3 nitrogen and oxygen atoms in total. The van der Waals surface area contributed by atoms with Crippen LogP contribution in [0.4, 0.5) is 110 Å². The van der Waals surface area contributed by atoms with E-state index in [2.05, 4.69) is 0 Å². The number of halogens is 25.